The third-order valence-electron chi connectivity index (χ3n) is 5.05. The number of halogens is 5. The van der Waals surface area contributed by atoms with E-state index in [1.165, 1.54) is 27.1 Å². The van der Waals surface area contributed by atoms with Gasteiger partial charge < -0.3 is 4.90 Å². The van der Waals surface area contributed by atoms with E-state index in [1.807, 2.05) is 0 Å². The van der Waals surface area contributed by atoms with Crippen molar-refractivity contribution < 1.29 is 30.8 Å². The molecule has 0 spiro atoms. The number of carbonyl (C=O) groups excluding carboxylic acids is 1. The average Bonchev–Trinajstić information content (AvgIpc) is 2.91. The molecule has 0 saturated carbocycles. The molecule has 7 nitrogen and oxygen atoms in total. The normalized spacial score (nSPS) is 18.8. The molecule has 1 aliphatic heterocycles. The molecule has 2 heterocycles. The maximum Gasteiger partial charge on any atom is 0.416 e. The second-order valence-corrected chi connectivity index (χ2v) is 9.72. The molecule has 0 bridgehead atoms. The summed E-state index contributed by atoms with van der Waals surface area (Å²) < 4.78 is 81.4. The van der Waals surface area contributed by atoms with Gasteiger partial charge in [-0.25, -0.2) is 13.7 Å². The highest BCUT2D eigenvalue weighted by Gasteiger charge is 2.48. The molecule has 1 amide bonds. The number of likely N-dealkylation sites (N-methyl/N-ethyl adjacent to an activating group) is 2. The molecule has 0 unspecified atom stereocenters. The van der Waals surface area contributed by atoms with Crippen molar-refractivity contribution in [1.82, 2.24) is 9.29 Å². The number of carbonyl (C=O) groups is 1. The number of pyridine rings is 1. The SMILES string of the molecule is Cc1cc(C(F)(F)F)cc(N2[C@H](C(=O)N(C)c3cc(C)c(Cl)cc3F)CN(C)S2(=O)=O)n1. The molecule has 32 heavy (non-hydrogen) atoms. The molecule has 2 aromatic rings. The van der Waals surface area contributed by atoms with Gasteiger partial charge in [-0.15, -0.1) is 0 Å². The van der Waals surface area contributed by atoms with Gasteiger partial charge in [-0.2, -0.15) is 25.9 Å². The summed E-state index contributed by atoms with van der Waals surface area (Å²) >= 11 is 5.89. The largest absolute Gasteiger partial charge is 0.416 e. The first kappa shape index (κ1) is 24.2. The van der Waals surface area contributed by atoms with Crippen LogP contribution in [0.15, 0.2) is 24.3 Å². The number of nitrogens with zero attached hydrogens (tertiary/aromatic N) is 4. The lowest BCUT2D eigenvalue weighted by Crippen LogP contribution is -2.47. The Morgan fingerprint density at radius 3 is 2.44 bits per heavy atom. The van der Waals surface area contributed by atoms with E-state index in [4.69, 9.17) is 11.6 Å². The van der Waals surface area contributed by atoms with Gasteiger partial charge in [0.15, 0.2) is 0 Å². The first-order valence-electron chi connectivity index (χ1n) is 9.19. The van der Waals surface area contributed by atoms with Crippen LogP contribution in [-0.4, -0.2) is 50.3 Å². The molecular formula is C19H19ClF4N4O3S. The van der Waals surface area contributed by atoms with E-state index in [9.17, 15) is 30.8 Å². The zero-order chi connectivity index (χ0) is 24.2. The number of rotatable bonds is 3. The van der Waals surface area contributed by atoms with E-state index in [-0.39, 0.29) is 22.9 Å². The van der Waals surface area contributed by atoms with Gasteiger partial charge in [-0.05, 0) is 43.7 Å². The minimum absolute atomic E-state index is 0.0847. The maximum atomic E-state index is 14.5. The van der Waals surface area contributed by atoms with E-state index in [1.54, 1.807) is 6.92 Å². The summed E-state index contributed by atoms with van der Waals surface area (Å²) in [5.41, 5.74) is -0.870. The van der Waals surface area contributed by atoms with Gasteiger partial charge >= 0.3 is 16.4 Å². The quantitative estimate of drug-likeness (QED) is 0.612. The van der Waals surface area contributed by atoms with Crippen LogP contribution in [0.2, 0.25) is 5.02 Å². The fourth-order valence-corrected chi connectivity index (χ4v) is 4.94. The Balaban J connectivity index is 2.09. The minimum Gasteiger partial charge on any atom is -0.311 e. The molecule has 1 saturated heterocycles. The van der Waals surface area contributed by atoms with E-state index in [0.717, 1.165) is 21.3 Å². The van der Waals surface area contributed by atoms with Crippen LogP contribution in [0.25, 0.3) is 0 Å². The summed E-state index contributed by atoms with van der Waals surface area (Å²) in [5, 5.41) is 0.139. The summed E-state index contributed by atoms with van der Waals surface area (Å²) in [5.74, 6) is -2.22. The van der Waals surface area contributed by atoms with Crippen LogP contribution in [0.4, 0.5) is 29.1 Å². The van der Waals surface area contributed by atoms with Crippen LogP contribution in [-0.2, 0) is 21.2 Å². The number of hydrogen-bond acceptors (Lipinski definition) is 4. The molecule has 3 rings (SSSR count). The van der Waals surface area contributed by atoms with Gasteiger partial charge in [-0.1, -0.05) is 11.6 Å². The van der Waals surface area contributed by atoms with Gasteiger partial charge in [0.2, 0.25) is 0 Å². The molecule has 13 heteroatoms. The Bertz CT molecular complexity index is 1190. The zero-order valence-electron chi connectivity index (χ0n) is 17.4. The molecule has 1 fully saturated rings. The summed E-state index contributed by atoms with van der Waals surface area (Å²) in [6.45, 7) is 2.51. The Kier molecular flexibility index (Phi) is 6.17. The van der Waals surface area contributed by atoms with Crippen molar-refractivity contribution >= 4 is 39.2 Å². The average molecular weight is 495 g/mol. The number of aryl methyl sites for hydroxylation is 2. The fourth-order valence-electron chi connectivity index (χ4n) is 3.35. The number of benzene rings is 1. The maximum absolute atomic E-state index is 14.5. The number of anilines is 2. The topological polar surface area (TPSA) is 73.8 Å². The summed E-state index contributed by atoms with van der Waals surface area (Å²) in [6.07, 6.45) is -4.75. The van der Waals surface area contributed by atoms with Gasteiger partial charge in [0.1, 0.15) is 17.7 Å². The molecule has 1 aliphatic rings. The third-order valence-corrected chi connectivity index (χ3v) is 7.34. The zero-order valence-corrected chi connectivity index (χ0v) is 19.0. The minimum atomic E-state index is -4.75. The van der Waals surface area contributed by atoms with Crippen LogP contribution in [0.3, 0.4) is 0 Å². The number of aromatic nitrogens is 1. The molecular weight excluding hydrogens is 476 g/mol. The van der Waals surface area contributed by atoms with Crippen LogP contribution >= 0.6 is 11.6 Å². The van der Waals surface area contributed by atoms with Gasteiger partial charge in [0.05, 0.1) is 11.3 Å². The molecule has 174 valence electrons. The lowest BCUT2D eigenvalue weighted by atomic mass is 10.1. The molecule has 0 aliphatic carbocycles. The Morgan fingerprint density at radius 2 is 1.84 bits per heavy atom. The molecule has 0 N–H and O–H groups in total. The first-order chi connectivity index (χ1) is 14.6. The first-order valence-corrected chi connectivity index (χ1v) is 11.0. The summed E-state index contributed by atoms with van der Waals surface area (Å²) in [7, 11) is -1.94. The fraction of sp³-hybridized carbons (Fsp3) is 0.368. The van der Waals surface area contributed by atoms with Crippen LogP contribution < -0.4 is 9.21 Å². The van der Waals surface area contributed by atoms with Gasteiger partial charge in [-0.3, -0.25) is 4.79 Å². The number of alkyl halides is 3. The van der Waals surface area contributed by atoms with Crippen LogP contribution in [0, 0.1) is 19.7 Å². The standard InChI is InChI=1S/C19H19ClF4N4O3S/c1-10-5-15(14(21)8-13(10)20)27(4)18(29)16-9-26(3)32(30,31)28(16)17-7-12(19(22,23)24)6-11(2)25-17/h5-8,16H,9H2,1-4H3/t16-/m0/s1. The van der Waals surface area contributed by atoms with E-state index >= 15 is 0 Å². The van der Waals surface area contributed by atoms with Crippen molar-refractivity contribution in [3.8, 4) is 0 Å². The van der Waals surface area contributed by atoms with E-state index < -0.39 is 45.5 Å². The van der Waals surface area contributed by atoms with E-state index in [0.29, 0.717) is 15.9 Å². The highest BCUT2D eigenvalue weighted by molar-refractivity contribution is 7.90. The Morgan fingerprint density at radius 1 is 1.22 bits per heavy atom. The molecule has 1 aromatic carbocycles. The third kappa shape index (κ3) is 4.26. The highest BCUT2D eigenvalue weighted by atomic mass is 35.5. The Labute approximate surface area is 187 Å². The summed E-state index contributed by atoms with van der Waals surface area (Å²) in [6, 6.07) is 2.20. The van der Waals surface area contributed by atoms with Crippen LogP contribution in [0.5, 0.6) is 0 Å². The molecule has 1 atom stereocenters. The molecule has 1 aromatic heterocycles. The lowest BCUT2D eigenvalue weighted by molar-refractivity contribution is -0.137. The second-order valence-electron chi connectivity index (χ2n) is 7.40. The Hall–Kier alpha value is -2.44. The monoisotopic (exact) mass is 494 g/mol. The predicted molar refractivity (Wildman–Crippen MR) is 111 cm³/mol. The molecule has 0 radical (unpaired) electrons. The van der Waals surface area contributed by atoms with Gasteiger partial charge in [0.25, 0.3) is 5.91 Å². The van der Waals surface area contributed by atoms with Crippen molar-refractivity contribution in [1.29, 1.82) is 0 Å². The van der Waals surface area contributed by atoms with Crippen molar-refractivity contribution in [2.24, 2.45) is 0 Å². The van der Waals surface area contributed by atoms with Crippen molar-refractivity contribution in [2.45, 2.75) is 26.1 Å². The van der Waals surface area contributed by atoms with E-state index in [2.05, 4.69) is 4.98 Å². The van der Waals surface area contributed by atoms with Crippen molar-refractivity contribution in [3.05, 3.63) is 51.9 Å². The number of amides is 1. The smallest absolute Gasteiger partial charge is 0.311 e. The second kappa shape index (κ2) is 8.16. The lowest BCUT2D eigenvalue weighted by Gasteiger charge is -2.27. The summed E-state index contributed by atoms with van der Waals surface area (Å²) in [4.78, 5) is 18.1. The highest BCUT2D eigenvalue weighted by Crippen LogP contribution is 2.35. The van der Waals surface area contributed by atoms with Crippen molar-refractivity contribution in [2.75, 3.05) is 29.8 Å². The van der Waals surface area contributed by atoms with Crippen LogP contribution in [0.1, 0.15) is 16.8 Å². The van der Waals surface area contributed by atoms with Crippen molar-refractivity contribution in [3.63, 3.8) is 0 Å². The van der Waals surface area contributed by atoms with Gasteiger partial charge in [0, 0.05) is 31.4 Å². The number of hydrogen-bond donors (Lipinski definition) is 0. The predicted octanol–water partition coefficient (Wildman–Crippen LogP) is 3.54.